The molecule has 9 nitrogen and oxygen atoms in total. The van der Waals surface area contributed by atoms with Gasteiger partial charge in [-0.3, -0.25) is 9.69 Å². The minimum Gasteiger partial charge on any atom is -0.493 e. The van der Waals surface area contributed by atoms with E-state index < -0.39 is 0 Å². The number of Topliss-reactive ketones (excluding diaryl/α,β-unsaturated/α-hetero) is 1. The van der Waals surface area contributed by atoms with Crippen molar-refractivity contribution in [2.45, 2.75) is 32.7 Å². The lowest BCUT2D eigenvalue weighted by Crippen LogP contribution is -2.32. The van der Waals surface area contributed by atoms with Crippen molar-refractivity contribution in [3.8, 4) is 40.2 Å². The monoisotopic (exact) mass is 503 g/mol. The zero-order valence-electron chi connectivity index (χ0n) is 22.5. The van der Waals surface area contributed by atoms with E-state index in [0.29, 0.717) is 70.8 Å². The van der Waals surface area contributed by atoms with Gasteiger partial charge in [-0.2, -0.15) is 0 Å². The van der Waals surface area contributed by atoms with E-state index in [2.05, 4.69) is 4.90 Å². The molecule has 0 aromatic heterocycles. The Kier molecular flexibility index (Phi) is 9.14. The highest BCUT2D eigenvalue weighted by molar-refractivity contribution is 6.02. The third kappa shape index (κ3) is 4.97. The van der Waals surface area contributed by atoms with Gasteiger partial charge in [0.15, 0.2) is 28.8 Å². The Morgan fingerprint density at radius 2 is 1.36 bits per heavy atom. The fourth-order valence-electron chi connectivity index (χ4n) is 4.94. The minimum absolute atomic E-state index is 0.0370. The number of nitrogens with zero attached hydrogens (tertiary/aromatic N) is 1. The highest BCUT2D eigenvalue weighted by atomic mass is 16.5. The maximum absolute atomic E-state index is 13.4. The zero-order chi connectivity index (χ0) is 26.4. The van der Waals surface area contributed by atoms with Gasteiger partial charge in [0.1, 0.15) is 0 Å². The van der Waals surface area contributed by atoms with Crippen molar-refractivity contribution in [2.24, 2.45) is 0 Å². The normalized spacial score (nSPS) is 13.0. The first-order valence-corrected chi connectivity index (χ1v) is 11.8. The van der Waals surface area contributed by atoms with Gasteiger partial charge in [-0.15, -0.1) is 0 Å². The first-order chi connectivity index (χ1) is 17.4. The van der Waals surface area contributed by atoms with E-state index in [1.807, 2.05) is 13.0 Å². The predicted molar refractivity (Wildman–Crippen MR) is 136 cm³/mol. The molecule has 36 heavy (non-hydrogen) atoms. The summed E-state index contributed by atoms with van der Waals surface area (Å²) in [4.78, 5) is 15.7. The minimum atomic E-state index is -0.0370. The molecule has 2 aromatic carbocycles. The summed E-state index contributed by atoms with van der Waals surface area (Å²) in [5.74, 6) is 3.49. The Balaban J connectivity index is 1.77. The fraction of sp³-hybridized carbons (Fsp3) is 0.519. The predicted octanol–water partition coefficient (Wildman–Crippen LogP) is 4.08. The number of benzene rings is 2. The fourth-order valence-corrected chi connectivity index (χ4v) is 4.94. The number of ketones is 1. The standard InChI is InChI=1S/C27H37NO8/c1-16-21(25(34-6)27(36-8)26(35-7)22(16)31-3)19(29)10-9-12-28-13-11-17-14-20(30-2)24(33-5)23(32-4)18(17)15-28/h14H,9-13,15H2,1-8H3. The van der Waals surface area contributed by atoms with Gasteiger partial charge in [0.25, 0.3) is 0 Å². The highest BCUT2D eigenvalue weighted by Gasteiger charge is 2.29. The van der Waals surface area contributed by atoms with E-state index in [4.69, 9.17) is 33.2 Å². The first-order valence-electron chi connectivity index (χ1n) is 11.8. The van der Waals surface area contributed by atoms with Crippen molar-refractivity contribution in [3.05, 3.63) is 28.3 Å². The van der Waals surface area contributed by atoms with E-state index in [9.17, 15) is 4.79 Å². The average Bonchev–Trinajstić information content (AvgIpc) is 2.90. The lowest BCUT2D eigenvalue weighted by Gasteiger charge is -2.31. The lowest BCUT2D eigenvalue weighted by molar-refractivity contribution is 0.0968. The summed E-state index contributed by atoms with van der Waals surface area (Å²) in [5, 5.41) is 0. The van der Waals surface area contributed by atoms with Crippen molar-refractivity contribution < 1.29 is 38.0 Å². The Labute approximate surface area is 213 Å². The average molecular weight is 504 g/mol. The molecule has 0 fully saturated rings. The van der Waals surface area contributed by atoms with E-state index in [1.165, 1.54) is 34.0 Å². The molecule has 0 amide bonds. The topological polar surface area (TPSA) is 84.9 Å². The molecule has 1 aliphatic rings. The van der Waals surface area contributed by atoms with Crippen molar-refractivity contribution >= 4 is 5.78 Å². The number of carbonyl (C=O) groups is 1. The van der Waals surface area contributed by atoms with Crippen LogP contribution < -0.4 is 33.2 Å². The van der Waals surface area contributed by atoms with Crippen LogP contribution in [0.1, 0.15) is 39.9 Å². The maximum atomic E-state index is 13.4. The zero-order valence-corrected chi connectivity index (χ0v) is 22.5. The van der Waals surface area contributed by atoms with E-state index in [0.717, 1.165) is 25.1 Å². The number of methoxy groups -OCH3 is 7. The molecule has 198 valence electrons. The highest BCUT2D eigenvalue weighted by Crippen LogP contribution is 2.49. The van der Waals surface area contributed by atoms with Gasteiger partial charge in [0.05, 0.1) is 55.3 Å². The van der Waals surface area contributed by atoms with E-state index >= 15 is 0 Å². The lowest BCUT2D eigenvalue weighted by atomic mass is 9.96. The third-order valence-electron chi connectivity index (χ3n) is 6.64. The summed E-state index contributed by atoms with van der Waals surface area (Å²) >= 11 is 0. The second kappa shape index (κ2) is 12.1. The summed E-state index contributed by atoms with van der Waals surface area (Å²) < 4.78 is 38.9. The summed E-state index contributed by atoms with van der Waals surface area (Å²) in [6.07, 6.45) is 1.89. The van der Waals surface area contributed by atoms with Gasteiger partial charge in [-0.05, 0) is 37.9 Å². The van der Waals surface area contributed by atoms with Crippen molar-refractivity contribution in [1.29, 1.82) is 0 Å². The molecule has 2 aromatic rings. The van der Waals surface area contributed by atoms with Crippen LogP contribution in [0.25, 0.3) is 0 Å². The number of hydrogen-bond donors (Lipinski definition) is 0. The number of ether oxygens (including phenoxy) is 7. The van der Waals surface area contributed by atoms with Crippen LogP contribution in [0, 0.1) is 6.92 Å². The smallest absolute Gasteiger partial charge is 0.208 e. The van der Waals surface area contributed by atoms with Crippen LogP contribution in [0.4, 0.5) is 0 Å². The second-order valence-electron chi connectivity index (χ2n) is 8.47. The molecule has 1 heterocycles. The third-order valence-corrected chi connectivity index (χ3v) is 6.64. The Morgan fingerprint density at radius 1 is 0.778 bits per heavy atom. The molecular formula is C27H37NO8. The number of hydrogen-bond acceptors (Lipinski definition) is 9. The van der Waals surface area contributed by atoms with Crippen LogP contribution in [0.3, 0.4) is 0 Å². The molecule has 0 bridgehead atoms. The number of rotatable bonds is 12. The van der Waals surface area contributed by atoms with Gasteiger partial charge in [-0.1, -0.05) is 0 Å². The number of fused-ring (bicyclic) bond motifs is 1. The molecule has 0 atom stereocenters. The van der Waals surface area contributed by atoms with Crippen LogP contribution in [-0.2, 0) is 13.0 Å². The quantitative estimate of drug-likeness (QED) is 0.398. The molecular weight excluding hydrogens is 466 g/mol. The van der Waals surface area contributed by atoms with Crippen LogP contribution in [0.15, 0.2) is 6.07 Å². The van der Waals surface area contributed by atoms with Crippen molar-refractivity contribution in [1.82, 2.24) is 4.90 Å². The molecule has 0 radical (unpaired) electrons. The summed E-state index contributed by atoms with van der Waals surface area (Å²) in [7, 11) is 11.0. The molecule has 0 aliphatic carbocycles. The molecule has 3 rings (SSSR count). The van der Waals surface area contributed by atoms with E-state index in [1.54, 1.807) is 21.3 Å². The molecule has 9 heteroatoms. The van der Waals surface area contributed by atoms with Gasteiger partial charge in [-0.25, -0.2) is 0 Å². The molecule has 0 unspecified atom stereocenters. The maximum Gasteiger partial charge on any atom is 0.208 e. The van der Waals surface area contributed by atoms with Crippen LogP contribution in [-0.4, -0.2) is 73.5 Å². The summed E-state index contributed by atoms with van der Waals surface area (Å²) in [5.41, 5.74) is 3.40. The summed E-state index contributed by atoms with van der Waals surface area (Å²) in [6.45, 7) is 4.17. The Morgan fingerprint density at radius 3 is 1.92 bits per heavy atom. The van der Waals surface area contributed by atoms with Gasteiger partial charge >= 0.3 is 0 Å². The van der Waals surface area contributed by atoms with Crippen LogP contribution in [0.5, 0.6) is 40.2 Å². The largest absolute Gasteiger partial charge is 0.493 e. The molecule has 0 saturated heterocycles. The second-order valence-corrected chi connectivity index (χ2v) is 8.47. The van der Waals surface area contributed by atoms with Crippen LogP contribution in [0.2, 0.25) is 0 Å². The number of carbonyl (C=O) groups excluding carboxylic acids is 1. The van der Waals surface area contributed by atoms with Crippen molar-refractivity contribution in [2.75, 3.05) is 62.9 Å². The summed E-state index contributed by atoms with van der Waals surface area (Å²) in [6, 6.07) is 2.02. The van der Waals surface area contributed by atoms with Gasteiger partial charge < -0.3 is 33.2 Å². The SMILES string of the molecule is COc1cc2c(c(OC)c1OC)CN(CCCC(=O)c1c(C)c(OC)c(OC)c(OC)c1OC)CC2. The molecule has 0 N–H and O–H groups in total. The van der Waals surface area contributed by atoms with E-state index in [-0.39, 0.29) is 5.78 Å². The van der Waals surface area contributed by atoms with Crippen LogP contribution >= 0.6 is 0 Å². The van der Waals surface area contributed by atoms with Crippen molar-refractivity contribution in [3.63, 3.8) is 0 Å². The Hall–Kier alpha value is -3.33. The molecule has 1 aliphatic heterocycles. The molecule has 0 spiro atoms. The Bertz CT molecular complexity index is 1100. The first kappa shape index (κ1) is 27.3. The molecule has 0 saturated carbocycles. The van der Waals surface area contributed by atoms with Gasteiger partial charge in [0.2, 0.25) is 17.2 Å². The van der Waals surface area contributed by atoms with Gasteiger partial charge in [0, 0.05) is 30.6 Å².